The summed E-state index contributed by atoms with van der Waals surface area (Å²) < 4.78 is 9.28. The Labute approximate surface area is 113 Å². The van der Waals surface area contributed by atoms with E-state index in [4.69, 9.17) is 4.74 Å². The first-order valence-corrected chi connectivity index (χ1v) is 6.81. The fourth-order valence-corrected chi connectivity index (χ4v) is 2.03. The Morgan fingerprint density at radius 2 is 2.00 bits per heavy atom. The molecule has 0 saturated heterocycles. The van der Waals surface area contributed by atoms with E-state index < -0.39 is 5.60 Å². The summed E-state index contributed by atoms with van der Waals surface area (Å²) in [6.07, 6.45) is 0.585. The van der Waals surface area contributed by atoms with Crippen LogP contribution in [0.3, 0.4) is 0 Å². The van der Waals surface area contributed by atoms with Crippen molar-refractivity contribution in [1.82, 2.24) is 9.36 Å². The van der Waals surface area contributed by atoms with Gasteiger partial charge in [-0.2, -0.15) is 4.37 Å². The van der Waals surface area contributed by atoms with Crippen LogP contribution in [0.1, 0.15) is 39.9 Å². The van der Waals surface area contributed by atoms with Crippen molar-refractivity contribution < 1.29 is 9.84 Å². The van der Waals surface area contributed by atoms with Gasteiger partial charge < -0.3 is 15.2 Å². The Morgan fingerprint density at radius 3 is 2.50 bits per heavy atom. The van der Waals surface area contributed by atoms with E-state index in [-0.39, 0.29) is 5.41 Å². The van der Waals surface area contributed by atoms with E-state index in [1.165, 1.54) is 11.5 Å². The molecule has 6 heteroatoms. The molecule has 0 saturated carbocycles. The Bertz CT molecular complexity index is 372. The summed E-state index contributed by atoms with van der Waals surface area (Å²) in [6, 6.07) is 0. The number of rotatable bonds is 6. The maximum absolute atomic E-state index is 10.1. The highest BCUT2D eigenvalue weighted by Gasteiger charge is 2.22. The number of hydrogen-bond acceptors (Lipinski definition) is 6. The van der Waals surface area contributed by atoms with Crippen LogP contribution in [0.25, 0.3) is 0 Å². The molecule has 0 amide bonds. The first-order valence-electron chi connectivity index (χ1n) is 6.04. The molecule has 1 atom stereocenters. The Hall–Kier alpha value is -0.720. The molecule has 0 fully saturated rings. The molecule has 1 unspecified atom stereocenters. The van der Waals surface area contributed by atoms with Gasteiger partial charge in [0.25, 0.3) is 0 Å². The summed E-state index contributed by atoms with van der Waals surface area (Å²) in [5, 5.41) is 14.0. The summed E-state index contributed by atoms with van der Waals surface area (Å²) in [5.41, 5.74) is -0.849. The van der Waals surface area contributed by atoms with Crippen LogP contribution in [0.4, 0.5) is 5.13 Å². The molecular formula is C12H23N3O2S. The molecule has 0 bridgehead atoms. The third kappa shape index (κ3) is 4.88. The van der Waals surface area contributed by atoms with Gasteiger partial charge in [0.2, 0.25) is 5.13 Å². The monoisotopic (exact) mass is 273 g/mol. The van der Waals surface area contributed by atoms with Crippen molar-refractivity contribution in [2.24, 2.45) is 0 Å². The minimum absolute atomic E-state index is 0.0466. The Balaban J connectivity index is 2.51. The zero-order chi connectivity index (χ0) is 13.8. The van der Waals surface area contributed by atoms with E-state index in [9.17, 15) is 5.11 Å². The zero-order valence-corrected chi connectivity index (χ0v) is 12.6. The molecule has 0 aliphatic rings. The lowest BCUT2D eigenvalue weighted by atomic mass is 9.96. The van der Waals surface area contributed by atoms with Gasteiger partial charge in [0.1, 0.15) is 5.82 Å². The number of aliphatic hydroxyl groups is 1. The number of anilines is 1. The molecule has 5 nitrogen and oxygen atoms in total. The lowest BCUT2D eigenvalue weighted by molar-refractivity contribution is 0.0357. The summed E-state index contributed by atoms with van der Waals surface area (Å²) in [7, 11) is 1.63. The van der Waals surface area contributed by atoms with Gasteiger partial charge in [0.15, 0.2) is 0 Å². The van der Waals surface area contributed by atoms with E-state index >= 15 is 0 Å². The average molecular weight is 273 g/mol. The number of nitrogens with one attached hydrogen (secondary N) is 1. The van der Waals surface area contributed by atoms with Crippen molar-refractivity contribution in [2.45, 2.75) is 45.1 Å². The van der Waals surface area contributed by atoms with Crippen molar-refractivity contribution >= 4 is 16.7 Å². The fraction of sp³-hybridized carbons (Fsp3) is 0.833. The maximum Gasteiger partial charge on any atom is 0.202 e. The standard InChI is InChI=1S/C12H23N3O2S/c1-11(2,3)9-14-10(18-15-9)13-8-12(4,16)6-7-17-5/h16H,6-8H2,1-5H3,(H,13,14,15). The van der Waals surface area contributed by atoms with Crippen LogP contribution in [-0.2, 0) is 10.2 Å². The van der Waals surface area contributed by atoms with E-state index in [1.807, 2.05) is 0 Å². The van der Waals surface area contributed by atoms with Crippen LogP contribution in [0.15, 0.2) is 0 Å². The number of methoxy groups -OCH3 is 1. The average Bonchev–Trinajstić information content (AvgIpc) is 2.72. The van der Waals surface area contributed by atoms with Crippen molar-refractivity contribution in [3.63, 3.8) is 0 Å². The minimum atomic E-state index is -0.802. The van der Waals surface area contributed by atoms with E-state index in [0.29, 0.717) is 19.6 Å². The number of nitrogens with zero attached hydrogens (tertiary/aromatic N) is 2. The third-order valence-corrected chi connectivity index (χ3v) is 3.23. The number of hydrogen-bond donors (Lipinski definition) is 2. The molecule has 104 valence electrons. The van der Waals surface area contributed by atoms with Crippen LogP contribution in [0.5, 0.6) is 0 Å². The molecule has 0 aliphatic carbocycles. The summed E-state index contributed by atoms with van der Waals surface area (Å²) >= 11 is 1.33. The molecular weight excluding hydrogens is 250 g/mol. The predicted molar refractivity (Wildman–Crippen MR) is 74.2 cm³/mol. The topological polar surface area (TPSA) is 67.3 Å². The summed E-state index contributed by atoms with van der Waals surface area (Å²) in [4.78, 5) is 4.42. The Morgan fingerprint density at radius 1 is 1.33 bits per heavy atom. The van der Waals surface area contributed by atoms with Crippen molar-refractivity contribution in [1.29, 1.82) is 0 Å². The maximum atomic E-state index is 10.1. The molecule has 0 aliphatic heterocycles. The van der Waals surface area contributed by atoms with Gasteiger partial charge >= 0.3 is 0 Å². The van der Waals surface area contributed by atoms with Gasteiger partial charge in [0, 0.05) is 43.6 Å². The normalized spacial score (nSPS) is 15.4. The quantitative estimate of drug-likeness (QED) is 0.830. The Kier molecular flexibility index (Phi) is 5.07. The van der Waals surface area contributed by atoms with Crippen LogP contribution in [0.2, 0.25) is 0 Å². The second-order valence-corrected chi connectivity index (χ2v) is 6.52. The molecule has 0 radical (unpaired) electrons. The summed E-state index contributed by atoms with van der Waals surface area (Å²) in [5.74, 6) is 0.825. The lowest BCUT2D eigenvalue weighted by Crippen LogP contribution is -2.34. The van der Waals surface area contributed by atoms with Crippen LogP contribution >= 0.6 is 11.5 Å². The van der Waals surface area contributed by atoms with Gasteiger partial charge in [0.05, 0.1) is 5.60 Å². The van der Waals surface area contributed by atoms with Gasteiger partial charge in [-0.15, -0.1) is 0 Å². The van der Waals surface area contributed by atoms with E-state index in [2.05, 4.69) is 35.4 Å². The second kappa shape index (κ2) is 5.95. The highest BCUT2D eigenvalue weighted by atomic mass is 32.1. The highest BCUT2D eigenvalue weighted by molar-refractivity contribution is 7.09. The predicted octanol–water partition coefficient (Wildman–Crippen LogP) is 2.04. The van der Waals surface area contributed by atoms with Crippen molar-refractivity contribution in [2.75, 3.05) is 25.6 Å². The number of aromatic nitrogens is 2. The van der Waals surface area contributed by atoms with Gasteiger partial charge in [-0.05, 0) is 6.92 Å². The lowest BCUT2D eigenvalue weighted by Gasteiger charge is -2.22. The zero-order valence-electron chi connectivity index (χ0n) is 11.8. The van der Waals surface area contributed by atoms with Gasteiger partial charge in [-0.3, -0.25) is 0 Å². The molecule has 18 heavy (non-hydrogen) atoms. The molecule has 0 spiro atoms. The van der Waals surface area contributed by atoms with Crippen LogP contribution in [-0.4, -0.2) is 40.3 Å². The third-order valence-electron chi connectivity index (χ3n) is 2.56. The highest BCUT2D eigenvalue weighted by Crippen LogP contribution is 2.23. The van der Waals surface area contributed by atoms with E-state index in [0.717, 1.165) is 11.0 Å². The SMILES string of the molecule is COCCC(C)(O)CNc1nc(C(C)(C)C)ns1. The largest absolute Gasteiger partial charge is 0.388 e. The smallest absolute Gasteiger partial charge is 0.202 e. The van der Waals surface area contributed by atoms with Gasteiger partial charge in [-0.1, -0.05) is 20.8 Å². The van der Waals surface area contributed by atoms with E-state index in [1.54, 1.807) is 14.0 Å². The first-order chi connectivity index (χ1) is 8.24. The first kappa shape index (κ1) is 15.3. The minimum Gasteiger partial charge on any atom is -0.388 e. The summed E-state index contributed by atoms with van der Waals surface area (Å²) in [6.45, 7) is 8.99. The fourth-order valence-electron chi connectivity index (χ4n) is 1.28. The molecule has 1 heterocycles. The van der Waals surface area contributed by atoms with Gasteiger partial charge in [-0.25, -0.2) is 4.98 Å². The molecule has 2 N–H and O–H groups in total. The molecule has 1 aromatic heterocycles. The second-order valence-electron chi connectivity index (χ2n) is 5.77. The molecule has 1 aromatic rings. The van der Waals surface area contributed by atoms with Crippen LogP contribution in [0, 0.1) is 0 Å². The molecule has 1 rings (SSSR count). The van der Waals surface area contributed by atoms with Crippen molar-refractivity contribution in [3.05, 3.63) is 5.82 Å². The van der Waals surface area contributed by atoms with Crippen molar-refractivity contribution in [3.8, 4) is 0 Å². The van der Waals surface area contributed by atoms with Crippen LogP contribution < -0.4 is 5.32 Å². The number of ether oxygens (including phenoxy) is 1. The molecule has 0 aromatic carbocycles.